The SMILES string of the molecule is CCOc1ccc(OCCNC(=O)COC(=O)c2ccc(OC)c(OCC)c2)cc1. The van der Waals surface area contributed by atoms with Gasteiger partial charge in [-0.1, -0.05) is 0 Å². The van der Waals surface area contributed by atoms with E-state index in [1.165, 1.54) is 13.2 Å². The molecule has 0 aliphatic carbocycles. The number of hydrogen-bond acceptors (Lipinski definition) is 7. The van der Waals surface area contributed by atoms with E-state index in [1.807, 2.05) is 26.0 Å². The monoisotopic (exact) mass is 417 g/mol. The normalized spacial score (nSPS) is 10.1. The van der Waals surface area contributed by atoms with Crippen molar-refractivity contribution in [1.29, 1.82) is 0 Å². The molecule has 0 saturated carbocycles. The first-order valence-electron chi connectivity index (χ1n) is 9.67. The summed E-state index contributed by atoms with van der Waals surface area (Å²) in [5.41, 5.74) is 0.269. The first kappa shape index (κ1) is 22.9. The van der Waals surface area contributed by atoms with Gasteiger partial charge < -0.3 is 29.0 Å². The number of rotatable bonds is 12. The van der Waals surface area contributed by atoms with Crippen LogP contribution in [0.1, 0.15) is 24.2 Å². The number of esters is 1. The summed E-state index contributed by atoms with van der Waals surface area (Å²) in [6.07, 6.45) is 0. The van der Waals surface area contributed by atoms with Crippen molar-refractivity contribution in [2.75, 3.05) is 40.1 Å². The summed E-state index contributed by atoms with van der Waals surface area (Å²) in [5.74, 6) is 1.34. The van der Waals surface area contributed by atoms with E-state index in [9.17, 15) is 9.59 Å². The van der Waals surface area contributed by atoms with Crippen LogP contribution in [0.15, 0.2) is 42.5 Å². The van der Waals surface area contributed by atoms with Crippen molar-refractivity contribution in [3.63, 3.8) is 0 Å². The van der Waals surface area contributed by atoms with Crippen LogP contribution in [0.2, 0.25) is 0 Å². The Morgan fingerprint density at radius 1 is 0.867 bits per heavy atom. The van der Waals surface area contributed by atoms with E-state index in [2.05, 4.69) is 5.32 Å². The highest BCUT2D eigenvalue weighted by Crippen LogP contribution is 2.28. The standard InChI is InChI=1S/C22H27NO7/c1-4-27-17-7-9-18(10-8-17)29-13-12-23-21(24)15-30-22(25)16-6-11-19(26-3)20(14-16)28-5-2/h6-11,14H,4-5,12-13,15H2,1-3H3,(H,23,24). The van der Waals surface area contributed by atoms with Gasteiger partial charge in [-0.05, 0) is 56.3 Å². The molecule has 0 aliphatic rings. The number of hydrogen-bond donors (Lipinski definition) is 1. The highest BCUT2D eigenvalue weighted by molar-refractivity contribution is 5.92. The summed E-state index contributed by atoms with van der Waals surface area (Å²) in [6.45, 7) is 4.94. The number of carbonyl (C=O) groups is 2. The van der Waals surface area contributed by atoms with Gasteiger partial charge in [-0.25, -0.2) is 4.79 Å². The molecule has 2 aromatic rings. The molecule has 0 heterocycles. The molecule has 0 spiro atoms. The minimum Gasteiger partial charge on any atom is -0.494 e. The van der Waals surface area contributed by atoms with Crippen LogP contribution in [-0.2, 0) is 9.53 Å². The van der Waals surface area contributed by atoms with Gasteiger partial charge in [0.15, 0.2) is 18.1 Å². The molecule has 0 radical (unpaired) electrons. The predicted octanol–water partition coefficient (Wildman–Crippen LogP) is 2.84. The molecule has 8 nitrogen and oxygen atoms in total. The van der Waals surface area contributed by atoms with Gasteiger partial charge in [0.2, 0.25) is 0 Å². The van der Waals surface area contributed by atoms with Crippen molar-refractivity contribution in [3.8, 4) is 23.0 Å². The number of benzene rings is 2. The first-order chi connectivity index (χ1) is 14.6. The maximum Gasteiger partial charge on any atom is 0.338 e. The van der Waals surface area contributed by atoms with Crippen LogP contribution in [0.4, 0.5) is 0 Å². The quantitative estimate of drug-likeness (QED) is 0.419. The molecule has 0 aromatic heterocycles. The average Bonchev–Trinajstić information content (AvgIpc) is 2.76. The predicted molar refractivity (Wildman–Crippen MR) is 111 cm³/mol. The Balaban J connectivity index is 1.71. The lowest BCUT2D eigenvalue weighted by Gasteiger charge is -2.11. The third-order valence-electron chi connectivity index (χ3n) is 3.86. The molecule has 30 heavy (non-hydrogen) atoms. The molecule has 0 saturated heterocycles. The number of carbonyl (C=O) groups excluding carboxylic acids is 2. The molecule has 1 amide bonds. The van der Waals surface area contributed by atoms with Gasteiger partial charge in [-0.15, -0.1) is 0 Å². The molecule has 0 aliphatic heterocycles. The Labute approximate surface area is 176 Å². The molecule has 1 N–H and O–H groups in total. The smallest absolute Gasteiger partial charge is 0.338 e. The second-order valence-corrected chi connectivity index (χ2v) is 5.98. The van der Waals surface area contributed by atoms with Crippen LogP contribution >= 0.6 is 0 Å². The van der Waals surface area contributed by atoms with E-state index in [-0.39, 0.29) is 18.7 Å². The Bertz CT molecular complexity index is 821. The molecular formula is C22H27NO7. The third kappa shape index (κ3) is 7.20. The second-order valence-electron chi connectivity index (χ2n) is 5.98. The molecule has 2 rings (SSSR count). The number of ether oxygens (including phenoxy) is 5. The number of amides is 1. The van der Waals surface area contributed by atoms with Crippen LogP contribution in [-0.4, -0.2) is 52.0 Å². The Morgan fingerprint density at radius 2 is 1.53 bits per heavy atom. The summed E-state index contributed by atoms with van der Waals surface area (Å²) < 4.78 is 26.6. The third-order valence-corrected chi connectivity index (χ3v) is 3.86. The Morgan fingerprint density at radius 3 is 2.17 bits per heavy atom. The lowest BCUT2D eigenvalue weighted by Crippen LogP contribution is -2.32. The van der Waals surface area contributed by atoms with Crippen LogP contribution in [0.3, 0.4) is 0 Å². The van der Waals surface area contributed by atoms with E-state index in [1.54, 1.807) is 24.3 Å². The lowest BCUT2D eigenvalue weighted by atomic mass is 10.2. The molecule has 0 unspecified atom stereocenters. The summed E-state index contributed by atoms with van der Waals surface area (Å²) in [6, 6.07) is 11.9. The van der Waals surface area contributed by atoms with Crippen molar-refractivity contribution in [2.24, 2.45) is 0 Å². The second kappa shape index (κ2) is 12.2. The average molecular weight is 417 g/mol. The molecule has 0 atom stereocenters. The van der Waals surface area contributed by atoms with Crippen LogP contribution < -0.4 is 24.3 Å². The Hall–Kier alpha value is -3.42. The lowest BCUT2D eigenvalue weighted by molar-refractivity contribution is -0.124. The summed E-state index contributed by atoms with van der Waals surface area (Å²) in [4.78, 5) is 24.0. The minimum absolute atomic E-state index is 0.269. The van der Waals surface area contributed by atoms with Gasteiger partial charge in [0, 0.05) is 0 Å². The highest BCUT2D eigenvalue weighted by atomic mass is 16.5. The highest BCUT2D eigenvalue weighted by Gasteiger charge is 2.14. The molecule has 8 heteroatoms. The summed E-state index contributed by atoms with van der Waals surface area (Å²) >= 11 is 0. The van der Waals surface area contributed by atoms with E-state index >= 15 is 0 Å². The van der Waals surface area contributed by atoms with E-state index in [0.717, 1.165) is 5.75 Å². The van der Waals surface area contributed by atoms with Crippen molar-refractivity contribution < 1.29 is 33.3 Å². The first-order valence-corrected chi connectivity index (χ1v) is 9.67. The van der Waals surface area contributed by atoms with E-state index in [4.69, 9.17) is 23.7 Å². The van der Waals surface area contributed by atoms with E-state index in [0.29, 0.717) is 30.5 Å². The maximum absolute atomic E-state index is 12.2. The van der Waals surface area contributed by atoms with Crippen molar-refractivity contribution >= 4 is 11.9 Å². The fourth-order valence-electron chi connectivity index (χ4n) is 2.50. The minimum atomic E-state index is -0.626. The summed E-state index contributed by atoms with van der Waals surface area (Å²) in [5, 5.41) is 2.63. The maximum atomic E-state index is 12.2. The van der Waals surface area contributed by atoms with Gasteiger partial charge in [-0.3, -0.25) is 4.79 Å². The zero-order valence-corrected chi connectivity index (χ0v) is 17.4. The zero-order chi connectivity index (χ0) is 21.8. The van der Waals surface area contributed by atoms with Crippen LogP contribution in [0.25, 0.3) is 0 Å². The van der Waals surface area contributed by atoms with Gasteiger partial charge >= 0.3 is 5.97 Å². The fraction of sp³-hybridized carbons (Fsp3) is 0.364. The molecule has 162 valence electrons. The molecule has 0 bridgehead atoms. The van der Waals surface area contributed by atoms with Crippen LogP contribution in [0, 0.1) is 0 Å². The van der Waals surface area contributed by atoms with Crippen molar-refractivity contribution in [2.45, 2.75) is 13.8 Å². The van der Waals surface area contributed by atoms with Gasteiger partial charge in [0.25, 0.3) is 5.91 Å². The molecular weight excluding hydrogens is 390 g/mol. The Kier molecular flexibility index (Phi) is 9.30. The summed E-state index contributed by atoms with van der Waals surface area (Å²) in [7, 11) is 1.51. The number of methoxy groups -OCH3 is 1. The zero-order valence-electron chi connectivity index (χ0n) is 17.4. The van der Waals surface area contributed by atoms with Crippen molar-refractivity contribution in [1.82, 2.24) is 5.32 Å². The van der Waals surface area contributed by atoms with E-state index < -0.39 is 18.5 Å². The molecule has 0 fully saturated rings. The van der Waals surface area contributed by atoms with Gasteiger partial charge in [0.05, 0.1) is 32.4 Å². The van der Waals surface area contributed by atoms with Gasteiger partial charge in [-0.2, -0.15) is 0 Å². The van der Waals surface area contributed by atoms with Crippen LogP contribution in [0.5, 0.6) is 23.0 Å². The largest absolute Gasteiger partial charge is 0.494 e. The fourth-order valence-corrected chi connectivity index (χ4v) is 2.50. The molecule has 2 aromatic carbocycles. The van der Waals surface area contributed by atoms with Crippen molar-refractivity contribution in [3.05, 3.63) is 48.0 Å². The topological polar surface area (TPSA) is 92.3 Å². The number of nitrogens with one attached hydrogen (secondary N) is 1. The van der Waals surface area contributed by atoms with Gasteiger partial charge in [0.1, 0.15) is 18.1 Å².